The van der Waals surface area contributed by atoms with E-state index in [0.29, 0.717) is 18.8 Å². The molecule has 35 heavy (non-hydrogen) atoms. The first-order chi connectivity index (χ1) is 16.3. The number of hydrogen-bond acceptors (Lipinski definition) is 8. The summed E-state index contributed by atoms with van der Waals surface area (Å²) in [6.45, 7) is 7.64. The molecule has 3 saturated carbocycles. The Labute approximate surface area is 206 Å². The van der Waals surface area contributed by atoms with E-state index in [1.807, 2.05) is 6.92 Å². The van der Waals surface area contributed by atoms with Gasteiger partial charge in [0.2, 0.25) is 5.78 Å². The quantitative estimate of drug-likeness (QED) is 0.355. The van der Waals surface area contributed by atoms with E-state index in [1.54, 1.807) is 0 Å². The van der Waals surface area contributed by atoms with Crippen LogP contribution in [-0.2, 0) is 33.4 Å². The van der Waals surface area contributed by atoms with E-state index >= 15 is 0 Å². The van der Waals surface area contributed by atoms with Gasteiger partial charge in [0, 0.05) is 32.6 Å². The highest BCUT2D eigenvalue weighted by Crippen LogP contribution is 2.67. The van der Waals surface area contributed by atoms with E-state index in [9.17, 15) is 24.3 Å². The number of hydrogen-bond donors (Lipinski definition) is 1. The van der Waals surface area contributed by atoms with Crippen LogP contribution >= 0.6 is 0 Å². The smallest absolute Gasteiger partial charge is 0.303 e. The number of Topliss-reactive ketones (excluding diaryl/α,β-unsaturated/α-hetero) is 1. The van der Waals surface area contributed by atoms with E-state index in [1.165, 1.54) is 26.3 Å². The molecule has 0 unspecified atom stereocenters. The number of allylic oxidation sites excluding steroid dienone is 1. The van der Waals surface area contributed by atoms with Crippen LogP contribution in [0, 0.1) is 28.6 Å². The number of rotatable bonds is 5. The van der Waals surface area contributed by atoms with Gasteiger partial charge in [-0.2, -0.15) is 0 Å². The van der Waals surface area contributed by atoms with Crippen molar-refractivity contribution in [3.05, 3.63) is 11.6 Å². The molecular formula is C27H38O8. The summed E-state index contributed by atoms with van der Waals surface area (Å²) in [7, 11) is 0. The molecule has 0 saturated heterocycles. The first-order valence-electron chi connectivity index (χ1n) is 12.8. The second kappa shape index (κ2) is 9.02. The van der Waals surface area contributed by atoms with Crippen LogP contribution in [0.25, 0.3) is 0 Å². The Morgan fingerprint density at radius 1 is 0.971 bits per heavy atom. The average molecular weight is 491 g/mol. The van der Waals surface area contributed by atoms with Crippen LogP contribution in [0.1, 0.15) is 79.6 Å². The lowest BCUT2D eigenvalue weighted by Crippen LogP contribution is -2.61. The zero-order valence-electron chi connectivity index (χ0n) is 21.4. The topological polar surface area (TPSA) is 116 Å². The maximum atomic E-state index is 13.3. The first-order valence-corrected chi connectivity index (χ1v) is 12.8. The normalized spacial score (nSPS) is 42.0. The van der Waals surface area contributed by atoms with Crippen LogP contribution in [0.3, 0.4) is 0 Å². The summed E-state index contributed by atoms with van der Waals surface area (Å²) >= 11 is 0. The van der Waals surface area contributed by atoms with Crippen LogP contribution in [0.4, 0.5) is 0 Å². The third-order valence-corrected chi connectivity index (χ3v) is 9.73. The van der Waals surface area contributed by atoms with Crippen molar-refractivity contribution in [1.29, 1.82) is 0 Å². The maximum absolute atomic E-state index is 13.3. The molecule has 8 atom stereocenters. The molecule has 194 valence electrons. The van der Waals surface area contributed by atoms with Gasteiger partial charge in [0.1, 0.15) is 12.2 Å². The molecule has 4 aliphatic rings. The van der Waals surface area contributed by atoms with Crippen LogP contribution < -0.4 is 0 Å². The number of esters is 3. The fourth-order valence-electron chi connectivity index (χ4n) is 8.07. The molecule has 0 aliphatic heterocycles. The van der Waals surface area contributed by atoms with Crippen LogP contribution in [0.2, 0.25) is 0 Å². The Kier molecular flexibility index (Phi) is 6.66. The molecule has 0 bridgehead atoms. The van der Waals surface area contributed by atoms with Gasteiger partial charge in [-0.05, 0) is 61.7 Å². The molecule has 0 spiro atoms. The summed E-state index contributed by atoms with van der Waals surface area (Å²) in [5.74, 6) is -1.45. The monoisotopic (exact) mass is 490 g/mol. The Morgan fingerprint density at radius 3 is 2.29 bits per heavy atom. The van der Waals surface area contributed by atoms with Crippen LogP contribution in [0.5, 0.6) is 0 Å². The standard InChI is InChI=1S/C27H38O8/c1-15(28)33-14-23(31)27(32)24(35-17(3)30)13-22-20-7-6-18-12-19(34-16(2)29)8-10-25(18,4)21(20)9-11-26(22,27)5/h6,19-22,24,32H,7-14H2,1-5H3/t19-,20+,21-,22-,24+,25-,26-,27-/m0/s1. The molecule has 3 fully saturated rings. The minimum absolute atomic E-state index is 0.0275. The number of ketones is 1. The number of aliphatic hydroxyl groups is 1. The van der Waals surface area contributed by atoms with Crippen molar-refractivity contribution in [3.63, 3.8) is 0 Å². The summed E-state index contributed by atoms with van der Waals surface area (Å²) in [5, 5.41) is 12.0. The van der Waals surface area contributed by atoms with Gasteiger partial charge in [-0.15, -0.1) is 0 Å². The largest absolute Gasteiger partial charge is 0.462 e. The van der Waals surface area contributed by atoms with Crippen molar-refractivity contribution in [2.45, 2.75) is 97.4 Å². The number of carbonyl (C=O) groups is 4. The number of fused-ring (bicyclic) bond motifs is 5. The summed E-state index contributed by atoms with van der Waals surface area (Å²) < 4.78 is 16.0. The van der Waals surface area contributed by atoms with Gasteiger partial charge in [-0.3, -0.25) is 19.2 Å². The Bertz CT molecular complexity index is 955. The Hall–Kier alpha value is -2.22. The molecule has 0 amide bonds. The summed E-state index contributed by atoms with van der Waals surface area (Å²) in [6.07, 6.45) is 6.36. The van der Waals surface area contributed by atoms with E-state index in [4.69, 9.17) is 14.2 Å². The Balaban J connectivity index is 1.65. The second-order valence-corrected chi connectivity index (χ2v) is 11.5. The van der Waals surface area contributed by atoms with Gasteiger partial charge >= 0.3 is 17.9 Å². The van der Waals surface area contributed by atoms with Gasteiger partial charge in [0.25, 0.3) is 0 Å². The van der Waals surface area contributed by atoms with Gasteiger partial charge in [-0.1, -0.05) is 25.5 Å². The van der Waals surface area contributed by atoms with Crippen LogP contribution in [-0.4, -0.2) is 53.2 Å². The number of ether oxygens (including phenoxy) is 3. The molecule has 0 aromatic rings. The third kappa shape index (κ3) is 4.11. The highest BCUT2D eigenvalue weighted by Gasteiger charge is 2.71. The number of carbonyl (C=O) groups excluding carboxylic acids is 4. The molecule has 0 aromatic heterocycles. The lowest BCUT2D eigenvalue weighted by Gasteiger charge is -2.58. The van der Waals surface area contributed by atoms with Crippen molar-refractivity contribution in [3.8, 4) is 0 Å². The van der Waals surface area contributed by atoms with E-state index < -0.39 is 41.4 Å². The fourth-order valence-corrected chi connectivity index (χ4v) is 8.07. The zero-order valence-corrected chi connectivity index (χ0v) is 21.4. The van der Waals surface area contributed by atoms with E-state index in [-0.39, 0.29) is 29.3 Å². The second-order valence-electron chi connectivity index (χ2n) is 11.5. The van der Waals surface area contributed by atoms with E-state index in [2.05, 4.69) is 13.0 Å². The SMILES string of the molecule is CC(=O)OCC(=O)[C@]1(O)[C@H](OC(C)=O)C[C@H]2[C@@H]3CC=C4C[C@@H](OC(C)=O)CC[C@]4(C)[C@H]3CC[C@@]21C. The minimum Gasteiger partial charge on any atom is -0.462 e. The van der Waals surface area contributed by atoms with Crippen molar-refractivity contribution in [1.82, 2.24) is 0 Å². The summed E-state index contributed by atoms with van der Waals surface area (Å²) in [6, 6.07) is 0. The molecule has 4 aliphatic carbocycles. The molecule has 4 rings (SSSR count). The van der Waals surface area contributed by atoms with E-state index in [0.717, 1.165) is 32.1 Å². The molecule has 8 heteroatoms. The van der Waals surface area contributed by atoms with Crippen molar-refractivity contribution < 1.29 is 38.5 Å². The molecule has 0 heterocycles. The maximum Gasteiger partial charge on any atom is 0.303 e. The molecule has 0 aromatic carbocycles. The molecular weight excluding hydrogens is 452 g/mol. The van der Waals surface area contributed by atoms with Crippen molar-refractivity contribution in [2.75, 3.05) is 6.61 Å². The molecule has 0 radical (unpaired) electrons. The van der Waals surface area contributed by atoms with Gasteiger partial charge in [-0.25, -0.2) is 0 Å². The van der Waals surface area contributed by atoms with Crippen molar-refractivity contribution in [2.24, 2.45) is 28.6 Å². The lowest BCUT2D eigenvalue weighted by atomic mass is 9.46. The molecule has 8 nitrogen and oxygen atoms in total. The van der Waals surface area contributed by atoms with Crippen LogP contribution in [0.15, 0.2) is 11.6 Å². The lowest BCUT2D eigenvalue weighted by molar-refractivity contribution is -0.189. The Morgan fingerprint density at radius 2 is 1.66 bits per heavy atom. The van der Waals surface area contributed by atoms with Gasteiger partial charge in [0.05, 0.1) is 0 Å². The average Bonchev–Trinajstić information content (AvgIpc) is 2.99. The molecule has 1 N–H and O–H groups in total. The first kappa shape index (κ1) is 25.9. The fraction of sp³-hybridized carbons (Fsp3) is 0.778. The zero-order chi connectivity index (χ0) is 25.8. The third-order valence-electron chi connectivity index (χ3n) is 9.73. The van der Waals surface area contributed by atoms with Crippen molar-refractivity contribution >= 4 is 23.7 Å². The van der Waals surface area contributed by atoms with Gasteiger partial charge < -0.3 is 19.3 Å². The minimum atomic E-state index is -1.92. The predicted molar refractivity (Wildman–Crippen MR) is 125 cm³/mol. The highest BCUT2D eigenvalue weighted by atomic mass is 16.6. The summed E-state index contributed by atoms with van der Waals surface area (Å²) in [4.78, 5) is 48.1. The van der Waals surface area contributed by atoms with Gasteiger partial charge in [0.15, 0.2) is 12.2 Å². The predicted octanol–water partition coefficient (Wildman–Crippen LogP) is 3.29. The summed E-state index contributed by atoms with van der Waals surface area (Å²) in [5.41, 5.74) is -1.40. The highest BCUT2D eigenvalue weighted by molar-refractivity contribution is 5.92.